The van der Waals surface area contributed by atoms with Crippen LogP contribution in [-0.4, -0.2) is 43.7 Å². The Morgan fingerprint density at radius 3 is 2.81 bits per heavy atom. The number of thiazole rings is 1. The normalized spacial score (nSPS) is 11.7. The molecule has 0 aliphatic rings. The lowest BCUT2D eigenvalue weighted by molar-refractivity contribution is -0.119. The third-order valence-electron chi connectivity index (χ3n) is 3.48. The van der Waals surface area contributed by atoms with E-state index in [1.807, 2.05) is 30.3 Å². The van der Waals surface area contributed by atoms with Crippen molar-refractivity contribution in [2.45, 2.75) is 19.4 Å². The largest absolute Gasteiger partial charge is 0.461 e. The summed E-state index contributed by atoms with van der Waals surface area (Å²) in [5.41, 5.74) is 1.13. The van der Waals surface area contributed by atoms with Crippen LogP contribution in [0, 0.1) is 0 Å². The van der Waals surface area contributed by atoms with Crippen LogP contribution in [0.15, 0.2) is 42.0 Å². The molecule has 0 aliphatic heterocycles. The standard InChI is InChI=1S/C16H16N6O3S/c1-2-25-15(24)12-9-26-16(18-12)19-14(23)13(22-10-17-20-21-22)8-11-6-4-3-5-7-11/h3-7,9-10,13H,2,8H2,1H3,(H,18,19,23)/t13-/m0/s1. The van der Waals surface area contributed by atoms with Crippen molar-refractivity contribution in [2.24, 2.45) is 0 Å². The number of aromatic nitrogens is 5. The maximum Gasteiger partial charge on any atom is 0.357 e. The van der Waals surface area contributed by atoms with Gasteiger partial charge in [-0.1, -0.05) is 30.3 Å². The zero-order valence-electron chi connectivity index (χ0n) is 13.9. The molecular formula is C16H16N6O3S. The highest BCUT2D eigenvalue weighted by molar-refractivity contribution is 7.14. The van der Waals surface area contributed by atoms with Crippen molar-refractivity contribution in [3.63, 3.8) is 0 Å². The van der Waals surface area contributed by atoms with Gasteiger partial charge in [0.2, 0.25) is 0 Å². The van der Waals surface area contributed by atoms with E-state index in [2.05, 4.69) is 25.8 Å². The smallest absolute Gasteiger partial charge is 0.357 e. The van der Waals surface area contributed by atoms with E-state index >= 15 is 0 Å². The van der Waals surface area contributed by atoms with Gasteiger partial charge in [0.05, 0.1) is 6.61 Å². The quantitative estimate of drug-likeness (QED) is 0.629. The van der Waals surface area contributed by atoms with Crippen molar-refractivity contribution in [3.8, 4) is 0 Å². The van der Waals surface area contributed by atoms with E-state index in [1.165, 1.54) is 16.4 Å². The highest BCUT2D eigenvalue weighted by Crippen LogP contribution is 2.20. The third kappa shape index (κ3) is 4.28. The Hall–Kier alpha value is -3.14. The summed E-state index contributed by atoms with van der Waals surface area (Å²) in [5, 5.41) is 15.6. The number of tetrazole rings is 1. The number of anilines is 1. The molecule has 10 heteroatoms. The minimum absolute atomic E-state index is 0.161. The van der Waals surface area contributed by atoms with Crippen LogP contribution in [-0.2, 0) is 16.0 Å². The van der Waals surface area contributed by atoms with Gasteiger partial charge in [-0.2, -0.15) is 0 Å². The maximum absolute atomic E-state index is 12.7. The molecule has 9 nitrogen and oxygen atoms in total. The van der Waals surface area contributed by atoms with Crippen LogP contribution in [0.2, 0.25) is 0 Å². The molecule has 1 N–H and O–H groups in total. The van der Waals surface area contributed by atoms with Crippen LogP contribution < -0.4 is 5.32 Å². The van der Waals surface area contributed by atoms with Crippen molar-refractivity contribution in [1.82, 2.24) is 25.2 Å². The lowest BCUT2D eigenvalue weighted by Gasteiger charge is -2.15. The van der Waals surface area contributed by atoms with E-state index < -0.39 is 12.0 Å². The van der Waals surface area contributed by atoms with Crippen LogP contribution in [0.4, 0.5) is 5.13 Å². The van der Waals surface area contributed by atoms with Crippen LogP contribution in [0.5, 0.6) is 0 Å². The maximum atomic E-state index is 12.7. The second kappa shape index (κ2) is 8.30. The summed E-state index contributed by atoms with van der Waals surface area (Å²) in [6.45, 7) is 1.98. The van der Waals surface area contributed by atoms with E-state index in [9.17, 15) is 9.59 Å². The fourth-order valence-electron chi connectivity index (χ4n) is 2.27. The first-order chi connectivity index (χ1) is 12.7. The molecule has 0 radical (unpaired) electrons. The van der Waals surface area contributed by atoms with Gasteiger partial charge in [-0.3, -0.25) is 4.79 Å². The van der Waals surface area contributed by atoms with Gasteiger partial charge in [0, 0.05) is 11.8 Å². The van der Waals surface area contributed by atoms with Crippen molar-refractivity contribution < 1.29 is 14.3 Å². The number of rotatable bonds is 7. The molecule has 3 aromatic rings. The summed E-state index contributed by atoms with van der Waals surface area (Å²) in [6, 6.07) is 8.90. The van der Waals surface area contributed by atoms with E-state index in [-0.39, 0.29) is 18.2 Å². The molecule has 2 heterocycles. The average Bonchev–Trinajstić information content (AvgIpc) is 3.33. The molecular weight excluding hydrogens is 356 g/mol. The predicted octanol–water partition coefficient (Wildman–Crippen LogP) is 1.73. The van der Waals surface area contributed by atoms with Gasteiger partial charge in [0.15, 0.2) is 10.8 Å². The number of hydrogen-bond donors (Lipinski definition) is 1. The number of esters is 1. The molecule has 1 aromatic carbocycles. The summed E-state index contributed by atoms with van der Waals surface area (Å²) in [4.78, 5) is 28.5. The Morgan fingerprint density at radius 1 is 1.31 bits per heavy atom. The van der Waals surface area contributed by atoms with E-state index in [1.54, 1.807) is 6.92 Å². The number of benzene rings is 1. The van der Waals surface area contributed by atoms with Crippen molar-refractivity contribution >= 4 is 28.3 Å². The minimum Gasteiger partial charge on any atom is -0.461 e. The van der Waals surface area contributed by atoms with Crippen LogP contribution in [0.25, 0.3) is 0 Å². The molecule has 0 fully saturated rings. The number of nitrogens with zero attached hydrogens (tertiary/aromatic N) is 5. The minimum atomic E-state index is -0.651. The van der Waals surface area contributed by atoms with Crippen molar-refractivity contribution in [2.75, 3.05) is 11.9 Å². The van der Waals surface area contributed by atoms with Crippen molar-refractivity contribution in [3.05, 3.63) is 53.3 Å². The Morgan fingerprint density at radius 2 is 2.12 bits per heavy atom. The Bertz CT molecular complexity index is 865. The molecule has 0 spiro atoms. The molecule has 1 atom stereocenters. The van der Waals surface area contributed by atoms with Gasteiger partial charge in [0.1, 0.15) is 12.4 Å². The Labute approximate surface area is 153 Å². The fraction of sp³-hybridized carbons (Fsp3) is 0.250. The van der Waals surface area contributed by atoms with E-state index in [4.69, 9.17) is 4.74 Å². The zero-order valence-corrected chi connectivity index (χ0v) is 14.7. The second-order valence-corrected chi connectivity index (χ2v) is 6.10. The number of ether oxygens (including phenoxy) is 1. The van der Waals surface area contributed by atoms with E-state index in [0.29, 0.717) is 11.6 Å². The average molecular weight is 372 g/mol. The molecule has 134 valence electrons. The predicted molar refractivity (Wildman–Crippen MR) is 93.7 cm³/mol. The highest BCUT2D eigenvalue weighted by atomic mass is 32.1. The summed E-state index contributed by atoms with van der Waals surface area (Å²) in [7, 11) is 0. The molecule has 0 unspecified atom stereocenters. The highest BCUT2D eigenvalue weighted by Gasteiger charge is 2.24. The number of hydrogen-bond acceptors (Lipinski definition) is 8. The molecule has 2 aromatic heterocycles. The first-order valence-electron chi connectivity index (χ1n) is 7.87. The molecule has 0 saturated heterocycles. The van der Waals surface area contributed by atoms with E-state index in [0.717, 1.165) is 16.9 Å². The lowest BCUT2D eigenvalue weighted by atomic mass is 10.1. The summed E-state index contributed by atoms with van der Waals surface area (Å²) >= 11 is 1.15. The number of carbonyl (C=O) groups is 2. The molecule has 0 saturated carbocycles. The monoisotopic (exact) mass is 372 g/mol. The van der Waals surface area contributed by atoms with Crippen LogP contribution >= 0.6 is 11.3 Å². The fourth-order valence-corrected chi connectivity index (χ4v) is 2.96. The summed E-state index contributed by atoms with van der Waals surface area (Å²) in [6.07, 6.45) is 1.80. The first kappa shape index (κ1) is 17.7. The molecule has 0 bridgehead atoms. The SMILES string of the molecule is CCOC(=O)c1csc(NC(=O)[C@H](Cc2ccccc2)n2cnnn2)n1. The summed E-state index contributed by atoms with van der Waals surface area (Å²) in [5.74, 6) is -0.850. The topological polar surface area (TPSA) is 112 Å². The zero-order chi connectivity index (χ0) is 18.4. The van der Waals surface area contributed by atoms with Gasteiger partial charge < -0.3 is 10.1 Å². The third-order valence-corrected chi connectivity index (χ3v) is 4.24. The molecule has 26 heavy (non-hydrogen) atoms. The lowest BCUT2D eigenvalue weighted by Crippen LogP contribution is -2.28. The molecule has 0 aliphatic carbocycles. The molecule has 3 rings (SSSR count). The number of nitrogens with one attached hydrogen (secondary N) is 1. The Balaban J connectivity index is 1.75. The van der Waals surface area contributed by atoms with Gasteiger partial charge in [0.25, 0.3) is 5.91 Å². The molecule has 1 amide bonds. The van der Waals surface area contributed by atoms with Crippen LogP contribution in [0.1, 0.15) is 29.0 Å². The van der Waals surface area contributed by atoms with Gasteiger partial charge in [-0.25, -0.2) is 14.5 Å². The summed E-state index contributed by atoms with van der Waals surface area (Å²) < 4.78 is 6.28. The first-order valence-corrected chi connectivity index (χ1v) is 8.75. The second-order valence-electron chi connectivity index (χ2n) is 5.24. The number of carbonyl (C=O) groups excluding carboxylic acids is 2. The van der Waals surface area contributed by atoms with Crippen LogP contribution in [0.3, 0.4) is 0 Å². The van der Waals surface area contributed by atoms with Gasteiger partial charge in [-0.05, 0) is 22.9 Å². The number of amides is 1. The van der Waals surface area contributed by atoms with Crippen molar-refractivity contribution in [1.29, 1.82) is 0 Å². The van der Waals surface area contributed by atoms with Gasteiger partial charge in [-0.15, -0.1) is 16.4 Å². The Kier molecular flexibility index (Phi) is 5.64. The van der Waals surface area contributed by atoms with Gasteiger partial charge >= 0.3 is 5.97 Å².